The molecular weight excluding hydrogens is 432 g/mol. The van der Waals surface area contributed by atoms with Crippen LogP contribution in [0.4, 0.5) is 0 Å². The number of rotatable bonds is 2. The summed E-state index contributed by atoms with van der Waals surface area (Å²) in [6.07, 6.45) is 1.12. The van der Waals surface area contributed by atoms with Crippen molar-refractivity contribution in [2.24, 2.45) is 11.8 Å². The maximum Gasteiger partial charge on any atom is 0.330 e. The summed E-state index contributed by atoms with van der Waals surface area (Å²) in [5, 5.41) is 0.936. The van der Waals surface area contributed by atoms with E-state index in [2.05, 4.69) is 9.88 Å². The molecule has 182 valence electrons. The first-order valence-corrected chi connectivity index (χ1v) is 12.2. The van der Waals surface area contributed by atoms with E-state index in [0.29, 0.717) is 18.7 Å². The van der Waals surface area contributed by atoms with Crippen molar-refractivity contribution in [2.75, 3.05) is 13.1 Å². The zero-order chi connectivity index (χ0) is 24.6. The van der Waals surface area contributed by atoms with Crippen LogP contribution in [0, 0.1) is 11.8 Å². The van der Waals surface area contributed by atoms with E-state index in [4.69, 9.17) is 9.47 Å². The van der Waals surface area contributed by atoms with Gasteiger partial charge in [-0.05, 0) is 73.5 Å². The minimum Gasteiger partial charge on any atom is -0.459 e. The van der Waals surface area contributed by atoms with E-state index in [1.54, 1.807) is 41.5 Å². The lowest BCUT2D eigenvalue weighted by molar-refractivity contribution is -0.183. The molecule has 1 aliphatic carbocycles. The molecule has 2 aromatic rings. The van der Waals surface area contributed by atoms with E-state index in [1.807, 2.05) is 24.3 Å². The molecule has 1 aromatic heterocycles. The van der Waals surface area contributed by atoms with Crippen molar-refractivity contribution in [2.45, 2.75) is 77.0 Å². The summed E-state index contributed by atoms with van der Waals surface area (Å²) < 4.78 is 11.8. The van der Waals surface area contributed by atoms with Gasteiger partial charge in [-0.25, -0.2) is 0 Å². The summed E-state index contributed by atoms with van der Waals surface area (Å²) in [6, 6.07) is 7.65. The summed E-state index contributed by atoms with van der Waals surface area (Å²) >= 11 is 0. The number of carbonyl (C=O) groups excluding carboxylic acids is 3. The van der Waals surface area contributed by atoms with Gasteiger partial charge in [-0.3, -0.25) is 19.3 Å². The summed E-state index contributed by atoms with van der Waals surface area (Å²) in [7, 11) is 0. The summed E-state index contributed by atoms with van der Waals surface area (Å²) in [5.41, 5.74) is -1.40. The largest absolute Gasteiger partial charge is 0.459 e. The number of para-hydroxylation sites is 1. The summed E-state index contributed by atoms with van der Waals surface area (Å²) in [6.45, 7) is 12.1. The minimum absolute atomic E-state index is 0.0320. The average molecular weight is 467 g/mol. The fourth-order valence-electron chi connectivity index (χ4n) is 6.16. The number of hydrogen-bond acceptors (Lipinski definition) is 6. The Kier molecular flexibility index (Phi) is 5.03. The van der Waals surface area contributed by atoms with Crippen molar-refractivity contribution >= 4 is 28.6 Å². The normalized spacial score (nSPS) is 27.8. The second-order valence-electron chi connectivity index (χ2n) is 11.9. The zero-order valence-corrected chi connectivity index (χ0v) is 20.9. The number of aromatic amines is 1. The fourth-order valence-corrected chi connectivity index (χ4v) is 6.16. The first-order chi connectivity index (χ1) is 15.8. The van der Waals surface area contributed by atoms with E-state index in [9.17, 15) is 14.4 Å². The number of fused-ring (bicyclic) bond motifs is 4. The van der Waals surface area contributed by atoms with Crippen molar-refractivity contribution < 1.29 is 23.9 Å². The van der Waals surface area contributed by atoms with E-state index in [1.165, 1.54) is 0 Å². The third-order valence-electron chi connectivity index (χ3n) is 7.32. The van der Waals surface area contributed by atoms with E-state index in [-0.39, 0.29) is 17.7 Å². The molecule has 2 fully saturated rings. The highest BCUT2D eigenvalue weighted by Gasteiger charge is 2.67. The molecule has 0 saturated carbocycles. The first-order valence-electron chi connectivity index (χ1n) is 12.2. The molecular formula is C27H34N2O5. The van der Waals surface area contributed by atoms with E-state index < -0.39 is 34.5 Å². The van der Waals surface area contributed by atoms with Crippen molar-refractivity contribution in [3.8, 4) is 0 Å². The molecule has 1 unspecified atom stereocenters. The first kappa shape index (κ1) is 23.1. The molecule has 0 amide bonds. The van der Waals surface area contributed by atoms with Crippen LogP contribution < -0.4 is 0 Å². The molecule has 7 nitrogen and oxygen atoms in total. The van der Waals surface area contributed by atoms with Gasteiger partial charge in [0.1, 0.15) is 17.0 Å². The van der Waals surface area contributed by atoms with Gasteiger partial charge in [0.25, 0.3) is 0 Å². The lowest BCUT2D eigenvalue weighted by Gasteiger charge is -2.40. The average Bonchev–Trinajstić information content (AvgIpc) is 3.21. The number of hydrogen-bond donors (Lipinski definition) is 1. The predicted octanol–water partition coefficient (Wildman–Crippen LogP) is 4.05. The van der Waals surface area contributed by atoms with Crippen molar-refractivity contribution in [3.63, 3.8) is 0 Å². The van der Waals surface area contributed by atoms with Gasteiger partial charge in [0.15, 0.2) is 0 Å². The number of esters is 2. The molecule has 2 aliphatic heterocycles. The smallest absolute Gasteiger partial charge is 0.330 e. The van der Waals surface area contributed by atoms with Gasteiger partial charge in [-0.1, -0.05) is 18.2 Å². The molecule has 5 rings (SSSR count). The Hall–Kier alpha value is -2.67. The van der Waals surface area contributed by atoms with Crippen LogP contribution in [-0.4, -0.2) is 51.9 Å². The number of nitrogens with zero attached hydrogens (tertiary/aromatic N) is 1. The number of nitrogens with one attached hydrogen (secondary N) is 1. The molecule has 4 atom stereocenters. The van der Waals surface area contributed by atoms with Crippen LogP contribution in [0.15, 0.2) is 24.3 Å². The number of H-pyrrole nitrogens is 1. The van der Waals surface area contributed by atoms with Gasteiger partial charge < -0.3 is 14.5 Å². The number of benzene rings is 1. The molecule has 3 heterocycles. The minimum atomic E-state index is -1.89. The third-order valence-corrected chi connectivity index (χ3v) is 7.32. The highest BCUT2D eigenvalue weighted by Crippen LogP contribution is 2.56. The van der Waals surface area contributed by atoms with Crippen LogP contribution in [0.1, 0.15) is 71.7 Å². The Morgan fingerprint density at radius 3 is 2.18 bits per heavy atom. The maximum absolute atomic E-state index is 14.2. The Bertz CT molecular complexity index is 1150. The number of ether oxygens (including phenoxy) is 2. The molecule has 34 heavy (non-hydrogen) atoms. The monoisotopic (exact) mass is 466 g/mol. The predicted molar refractivity (Wildman–Crippen MR) is 127 cm³/mol. The summed E-state index contributed by atoms with van der Waals surface area (Å²) in [4.78, 5) is 48.2. The van der Waals surface area contributed by atoms with E-state index >= 15 is 0 Å². The topological polar surface area (TPSA) is 88.7 Å². The number of aromatic nitrogens is 1. The standard InChI is InChI=1S/C27H34N2O5/c1-25(2,3)33-23(31)27(24(32)34-26(4,5)6)17-12-14-29-13-11-16(21(17)30)20(29)19-15-9-7-8-10-18(15)28-22(19)27/h7-10,16-17,20,28H,11-14H2,1-6H3/t16-,17+,20-/m1/s1. The molecule has 3 aliphatic rings. The summed E-state index contributed by atoms with van der Waals surface area (Å²) in [5.74, 6) is -2.58. The Morgan fingerprint density at radius 2 is 1.56 bits per heavy atom. The zero-order valence-electron chi connectivity index (χ0n) is 20.9. The van der Waals surface area contributed by atoms with Gasteiger partial charge in [0.2, 0.25) is 5.41 Å². The van der Waals surface area contributed by atoms with Crippen LogP contribution in [0.25, 0.3) is 10.9 Å². The van der Waals surface area contributed by atoms with Crippen LogP contribution in [0.2, 0.25) is 0 Å². The third kappa shape index (κ3) is 3.31. The molecule has 4 bridgehead atoms. The Morgan fingerprint density at radius 1 is 0.971 bits per heavy atom. The SMILES string of the molecule is CC(C)(C)OC(=O)C1(C(=O)OC(C)(C)C)c2[nH]c3ccccc3c2[C@H]2[C@H]3CCN2CC[C@H]1C3=O. The van der Waals surface area contributed by atoms with Crippen LogP contribution in [0.5, 0.6) is 0 Å². The highest BCUT2D eigenvalue weighted by molar-refractivity contribution is 6.13. The molecule has 1 aromatic carbocycles. The second-order valence-corrected chi connectivity index (χ2v) is 11.9. The lowest BCUT2D eigenvalue weighted by atomic mass is 9.67. The van der Waals surface area contributed by atoms with Gasteiger partial charge in [0, 0.05) is 28.4 Å². The fraction of sp³-hybridized carbons (Fsp3) is 0.593. The second kappa shape index (κ2) is 7.41. The highest BCUT2D eigenvalue weighted by atomic mass is 16.6. The van der Waals surface area contributed by atoms with Crippen molar-refractivity contribution in [1.29, 1.82) is 0 Å². The Balaban J connectivity index is 1.87. The number of Topliss-reactive ketones (excluding diaryl/α,β-unsaturated/α-hetero) is 1. The quantitative estimate of drug-likeness (QED) is 0.531. The molecule has 2 saturated heterocycles. The van der Waals surface area contributed by atoms with Gasteiger partial charge in [-0.2, -0.15) is 0 Å². The van der Waals surface area contributed by atoms with E-state index in [0.717, 1.165) is 29.4 Å². The Labute approximate surface area is 200 Å². The molecule has 1 N–H and O–H groups in total. The molecule has 7 heteroatoms. The lowest BCUT2D eigenvalue weighted by Crippen LogP contribution is -2.57. The maximum atomic E-state index is 14.2. The van der Waals surface area contributed by atoms with Crippen LogP contribution in [0.3, 0.4) is 0 Å². The van der Waals surface area contributed by atoms with Crippen molar-refractivity contribution in [3.05, 3.63) is 35.5 Å². The molecule has 0 spiro atoms. The van der Waals surface area contributed by atoms with Crippen LogP contribution in [-0.2, 0) is 29.3 Å². The van der Waals surface area contributed by atoms with Gasteiger partial charge in [0.05, 0.1) is 11.6 Å². The van der Waals surface area contributed by atoms with Gasteiger partial charge >= 0.3 is 11.9 Å². The number of ketones is 1. The van der Waals surface area contributed by atoms with Gasteiger partial charge in [-0.15, -0.1) is 0 Å². The van der Waals surface area contributed by atoms with Crippen molar-refractivity contribution in [1.82, 2.24) is 9.88 Å². The van der Waals surface area contributed by atoms with Crippen LogP contribution >= 0.6 is 0 Å². The molecule has 0 radical (unpaired) electrons. The number of carbonyl (C=O) groups is 3.